The van der Waals surface area contributed by atoms with Crippen LogP contribution in [0.2, 0.25) is 0 Å². The molecule has 0 bridgehead atoms. The summed E-state index contributed by atoms with van der Waals surface area (Å²) in [6.45, 7) is 4.52. The molecular formula is C20H23NO7S. The predicted molar refractivity (Wildman–Crippen MR) is 106 cm³/mol. The Labute approximate surface area is 169 Å². The molecule has 0 unspecified atom stereocenters. The van der Waals surface area contributed by atoms with Gasteiger partial charge in [0.15, 0.2) is 11.5 Å². The van der Waals surface area contributed by atoms with Crippen molar-refractivity contribution < 1.29 is 32.2 Å². The normalized spacial score (nSPS) is 13.3. The van der Waals surface area contributed by atoms with E-state index in [9.17, 15) is 13.2 Å². The molecule has 29 heavy (non-hydrogen) atoms. The van der Waals surface area contributed by atoms with Gasteiger partial charge in [-0.25, -0.2) is 8.42 Å². The van der Waals surface area contributed by atoms with Gasteiger partial charge in [0, 0.05) is 30.7 Å². The molecule has 0 saturated carbocycles. The Morgan fingerprint density at radius 2 is 1.86 bits per heavy atom. The number of fused-ring (bicyclic) bond motifs is 1. The third kappa shape index (κ3) is 5.32. The van der Waals surface area contributed by atoms with E-state index in [2.05, 4.69) is 4.72 Å². The maximum Gasteiger partial charge on any atom is 0.302 e. The van der Waals surface area contributed by atoms with E-state index in [4.69, 9.17) is 18.9 Å². The standard InChI is InChI=1S/C20H23NO7S/c1-3-25-18-7-5-16(11-15(18)13-28-14(2)22)21-29(23,24)17-6-8-19-20(12-17)27-10-4-9-26-19/h5-8,11-12,21H,3-4,9-10,13H2,1-2H3. The second kappa shape index (κ2) is 9.04. The highest BCUT2D eigenvalue weighted by atomic mass is 32.2. The van der Waals surface area contributed by atoms with E-state index in [1.165, 1.54) is 19.1 Å². The lowest BCUT2D eigenvalue weighted by Gasteiger charge is -2.14. The Morgan fingerprint density at radius 3 is 2.59 bits per heavy atom. The summed E-state index contributed by atoms with van der Waals surface area (Å²) in [5.74, 6) is 0.997. The molecule has 0 aromatic heterocycles. The first-order valence-electron chi connectivity index (χ1n) is 9.20. The minimum Gasteiger partial charge on any atom is -0.493 e. The van der Waals surface area contributed by atoms with Crippen LogP contribution >= 0.6 is 0 Å². The average molecular weight is 421 g/mol. The van der Waals surface area contributed by atoms with Gasteiger partial charge in [0.25, 0.3) is 10.0 Å². The van der Waals surface area contributed by atoms with Gasteiger partial charge in [-0.2, -0.15) is 0 Å². The molecule has 0 spiro atoms. The zero-order chi connectivity index (χ0) is 20.9. The molecular weight excluding hydrogens is 398 g/mol. The highest BCUT2D eigenvalue weighted by molar-refractivity contribution is 7.92. The van der Waals surface area contributed by atoms with E-state index < -0.39 is 16.0 Å². The van der Waals surface area contributed by atoms with Gasteiger partial charge in [0.1, 0.15) is 12.4 Å². The molecule has 2 aromatic carbocycles. The van der Waals surface area contributed by atoms with Gasteiger partial charge >= 0.3 is 5.97 Å². The molecule has 0 amide bonds. The highest BCUT2D eigenvalue weighted by Gasteiger charge is 2.20. The Hall–Kier alpha value is -2.94. The summed E-state index contributed by atoms with van der Waals surface area (Å²) in [5, 5.41) is 0. The molecule has 0 fully saturated rings. The van der Waals surface area contributed by atoms with Crippen molar-refractivity contribution in [3.05, 3.63) is 42.0 Å². The van der Waals surface area contributed by atoms with Crippen LogP contribution in [0.15, 0.2) is 41.3 Å². The van der Waals surface area contributed by atoms with Crippen LogP contribution in [0.5, 0.6) is 17.2 Å². The van der Waals surface area contributed by atoms with Crippen LogP contribution in [0.25, 0.3) is 0 Å². The van der Waals surface area contributed by atoms with Crippen molar-refractivity contribution in [2.24, 2.45) is 0 Å². The number of esters is 1. The summed E-state index contributed by atoms with van der Waals surface area (Å²) < 4.78 is 49.9. The topological polar surface area (TPSA) is 100 Å². The quantitative estimate of drug-likeness (QED) is 0.686. The summed E-state index contributed by atoms with van der Waals surface area (Å²) in [6, 6.07) is 9.28. The smallest absolute Gasteiger partial charge is 0.302 e. The predicted octanol–water partition coefficient (Wildman–Crippen LogP) is 3.11. The number of anilines is 1. The molecule has 0 saturated heterocycles. The number of benzene rings is 2. The highest BCUT2D eigenvalue weighted by Crippen LogP contribution is 2.33. The van der Waals surface area contributed by atoms with Gasteiger partial charge in [0.05, 0.1) is 24.7 Å². The zero-order valence-corrected chi connectivity index (χ0v) is 17.1. The fourth-order valence-corrected chi connectivity index (χ4v) is 3.82. The summed E-state index contributed by atoms with van der Waals surface area (Å²) in [7, 11) is -3.87. The SMILES string of the molecule is CCOc1ccc(NS(=O)(=O)c2ccc3c(c2)OCCCO3)cc1COC(C)=O. The lowest BCUT2D eigenvalue weighted by atomic mass is 10.2. The van der Waals surface area contributed by atoms with Gasteiger partial charge < -0.3 is 18.9 Å². The minimum atomic E-state index is -3.87. The molecule has 9 heteroatoms. The van der Waals surface area contributed by atoms with Crippen LogP contribution in [0.1, 0.15) is 25.8 Å². The Balaban J connectivity index is 1.85. The summed E-state index contributed by atoms with van der Waals surface area (Å²) >= 11 is 0. The van der Waals surface area contributed by atoms with Crippen LogP contribution < -0.4 is 18.9 Å². The molecule has 156 valence electrons. The van der Waals surface area contributed by atoms with Crippen molar-refractivity contribution >= 4 is 21.7 Å². The second-order valence-corrected chi connectivity index (χ2v) is 7.98. The molecule has 0 atom stereocenters. The van der Waals surface area contributed by atoms with Crippen LogP contribution in [0, 0.1) is 0 Å². The molecule has 1 aliphatic rings. The summed E-state index contributed by atoms with van der Waals surface area (Å²) in [6.07, 6.45) is 0.728. The minimum absolute atomic E-state index is 0.0236. The lowest BCUT2D eigenvalue weighted by Crippen LogP contribution is -2.14. The van der Waals surface area contributed by atoms with Crippen molar-refractivity contribution in [2.75, 3.05) is 24.5 Å². The largest absolute Gasteiger partial charge is 0.493 e. The first-order chi connectivity index (χ1) is 13.9. The maximum absolute atomic E-state index is 12.8. The first-order valence-corrected chi connectivity index (χ1v) is 10.7. The van der Waals surface area contributed by atoms with Crippen molar-refractivity contribution in [1.29, 1.82) is 0 Å². The van der Waals surface area contributed by atoms with Crippen molar-refractivity contribution in [1.82, 2.24) is 0 Å². The molecule has 3 rings (SSSR count). The van der Waals surface area contributed by atoms with Crippen LogP contribution in [-0.4, -0.2) is 34.2 Å². The lowest BCUT2D eigenvalue weighted by molar-refractivity contribution is -0.142. The third-order valence-corrected chi connectivity index (χ3v) is 5.45. The number of hydrogen-bond acceptors (Lipinski definition) is 7. The summed E-state index contributed by atoms with van der Waals surface area (Å²) in [5.41, 5.74) is 0.878. The number of carbonyl (C=O) groups is 1. The molecule has 1 heterocycles. The van der Waals surface area contributed by atoms with E-state index in [0.29, 0.717) is 48.3 Å². The van der Waals surface area contributed by atoms with Gasteiger partial charge in [0.2, 0.25) is 0 Å². The van der Waals surface area contributed by atoms with Gasteiger partial charge in [-0.15, -0.1) is 0 Å². The van der Waals surface area contributed by atoms with Crippen molar-refractivity contribution in [3.8, 4) is 17.2 Å². The molecule has 1 aliphatic heterocycles. The van der Waals surface area contributed by atoms with Crippen LogP contribution in [-0.2, 0) is 26.2 Å². The van der Waals surface area contributed by atoms with E-state index in [0.717, 1.165) is 6.42 Å². The Morgan fingerprint density at radius 1 is 1.10 bits per heavy atom. The first kappa shape index (κ1) is 20.8. The van der Waals surface area contributed by atoms with E-state index in [-0.39, 0.29) is 11.5 Å². The van der Waals surface area contributed by atoms with Crippen molar-refractivity contribution in [3.63, 3.8) is 0 Å². The van der Waals surface area contributed by atoms with Gasteiger partial charge in [-0.1, -0.05) is 0 Å². The number of ether oxygens (including phenoxy) is 4. The number of sulfonamides is 1. The number of rotatable bonds is 7. The average Bonchev–Trinajstić information content (AvgIpc) is 2.92. The number of carbonyl (C=O) groups excluding carboxylic acids is 1. The number of hydrogen-bond donors (Lipinski definition) is 1. The second-order valence-electron chi connectivity index (χ2n) is 6.30. The Bertz CT molecular complexity index is 988. The van der Waals surface area contributed by atoms with Crippen molar-refractivity contribution in [2.45, 2.75) is 31.8 Å². The molecule has 8 nitrogen and oxygen atoms in total. The molecule has 2 aromatic rings. The van der Waals surface area contributed by atoms with E-state index in [1.54, 1.807) is 24.3 Å². The third-order valence-electron chi connectivity index (χ3n) is 4.07. The maximum atomic E-state index is 12.8. The molecule has 0 radical (unpaired) electrons. The molecule has 1 N–H and O–H groups in total. The van der Waals surface area contributed by atoms with E-state index in [1.807, 2.05) is 6.92 Å². The molecule has 0 aliphatic carbocycles. The number of nitrogens with one attached hydrogen (secondary N) is 1. The summed E-state index contributed by atoms with van der Waals surface area (Å²) in [4.78, 5) is 11.2. The monoisotopic (exact) mass is 421 g/mol. The van der Waals surface area contributed by atoms with Crippen LogP contribution in [0.3, 0.4) is 0 Å². The fourth-order valence-electron chi connectivity index (χ4n) is 2.76. The fraction of sp³-hybridized carbons (Fsp3) is 0.350. The zero-order valence-electron chi connectivity index (χ0n) is 16.3. The van der Waals surface area contributed by atoms with Crippen LogP contribution in [0.4, 0.5) is 5.69 Å². The Kier molecular flexibility index (Phi) is 6.48. The van der Waals surface area contributed by atoms with E-state index >= 15 is 0 Å². The van der Waals surface area contributed by atoms with Gasteiger partial charge in [-0.05, 0) is 37.3 Å². The van der Waals surface area contributed by atoms with Gasteiger partial charge in [-0.3, -0.25) is 9.52 Å².